The van der Waals surface area contributed by atoms with Crippen molar-refractivity contribution in [3.05, 3.63) is 41.7 Å². The molecule has 0 bridgehead atoms. The molecule has 1 aromatic heterocycles. The van der Waals surface area contributed by atoms with Crippen LogP contribution in [0.1, 0.15) is 11.3 Å². The van der Waals surface area contributed by atoms with E-state index in [2.05, 4.69) is 10.0 Å². The van der Waals surface area contributed by atoms with E-state index in [9.17, 15) is 8.42 Å². The number of anilines is 1. The first-order chi connectivity index (χ1) is 9.96. The van der Waals surface area contributed by atoms with E-state index in [1.807, 2.05) is 13.0 Å². The van der Waals surface area contributed by atoms with Gasteiger partial charge in [-0.25, -0.2) is 0 Å². The summed E-state index contributed by atoms with van der Waals surface area (Å²) in [5.74, 6) is 1.00. The molecule has 6 nitrogen and oxygen atoms in total. The summed E-state index contributed by atoms with van der Waals surface area (Å²) in [6.45, 7) is 2.33. The van der Waals surface area contributed by atoms with E-state index in [0.29, 0.717) is 23.7 Å². The molecule has 0 fully saturated rings. The van der Waals surface area contributed by atoms with Gasteiger partial charge >= 0.3 is 0 Å². The van der Waals surface area contributed by atoms with Crippen molar-refractivity contribution in [3.63, 3.8) is 0 Å². The highest BCUT2D eigenvalue weighted by molar-refractivity contribution is 7.92. The summed E-state index contributed by atoms with van der Waals surface area (Å²) in [4.78, 5) is 0. The van der Waals surface area contributed by atoms with Crippen LogP contribution < -0.4 is 14.8 Å². The van der Waals surface area contributed by atoms with Crippen LogP contribution in [0, 0.1) is 6.92 Å². The Labute approximate surface area is 124 Å². The zero-order valence-electron chi connectivity index (χ0n) is 12.1. The summed E-state index contributed by atoms with van der Waals surface area (Å²) < 4.78 is 37.6. The van der Waals surface area contributed by atoms with Gasteiger partial charge in [-0.3, -0.25) is 4.72 Å². The summed E-state index contributed by atoms with van der Waals surface area (Å²) in [6.07, 6.45) is 0. The Hall–Kier alpha value is -1.99. The van der Waals surface area contributed by atoms with Crippen LogP contribution in [-0.2, 0) is 16.6 Å². The van der Waals surface area contributed by atoms with Gasteiger partial charge in [0, 0.05) is 0 Å². The molecule has 1 aromatic carbocycles. The lowest BCUT2D eigenvalue weighted by Gasteiger charge is -2.11. The zero-order valence-corrected chi connectivity index (χ0v) is 13.0. The first-order valence-corrected chi connectivity index (χ1v) is 7.85. The van der Waals surface area contributed by atoms with Crippen molar-refractivity contribution in [2.45, 2.75) is 18.6 Å². The van der Waals surface area contributed by atoms with Crippen LogP contribution in [0.4, 0.5) is 5.69 Å². The zero-order chi connectivity index (χ0) is 15.5. The third-order valence-corrected chi connectivity index (χ3v) is 4.09. The molecule has 0 saturated carbocycles. The minimum Gasteiger partial charge on any atom is -0.495 e. The van der Waals surface area contributed by atoms with Crippen molar-refractivity contribution in [2.75, 3.05) is 18.9 Å². The number of sulfonamides is 1. The average molecular weight is 310 g/mol. The molecule has 7 heteroatoms. The minimum absolute atomic E-state index is 0.128. The van der Waals surface area contributed by atoms with Crippen LogP contribution in [0.5, 0.6) is 5.75 Å². The largest absolute Gasteiger partial charge is 0.495 e. The molecule has 0 unspecified atom stereocenters. The number of methoxy groups -OCH3 is 1. The van der Waals surface area contributed by atoms with Gasteiger partial charge in [0.25, 0.3) is 10.0 Å². The molecular formula is C14H18N2O4S. The summed E-state index contributed by atoms with van der Waals surface area (Å²) >= 11 is 0. The quantitative estimate of drug-likeness (QED) is 0.854. The number of hydrogen-bond acceptors (Lipinski definition) is 5. The first kappa shape index (κ1) is 15.4. The van der Waals surface area contributed by atoms with Crippen LogP contribution in [-0.4, -0.2) is 22.6 Å². The predicted molar refractivity (Wildman–Crippen MR) is 80.0 cm³/mol. The average Bonchev–Trinajstić information content (AvgIpc) is 2.88. The Kier molecular flexibility index (Phi) is 4.54. The number of rotatable bonds is 6. The highest BCUT2D eigenvalue weighted by atomic mass is 32.2. The molecule has 2 aromatic rings. The maximum atomic E-state index is 12.3. The fraction of sp³-hybridized carbons (Fsp3) is 0.286. The molecule has 0 amide bonds. The van der Waals surface area contributed by atoms with Crippen molar-refractivity contribution < 1.29 is 17.6 Å². The fourth-order valence-corrected chi connectivity index (χ4v) is 2.88. The first-order valence-electron chi connectivity index (χ1n) is 6.37. The highest BCUT2D eigenvalue weighted by Gasteiger charge is 2.20. The standard InChI is InChI=1S/C14H18N2O4S/c1-10-4-6-13(19-3)12(8-10)16-21(17,18)14-7-5-11(20-14)9-15-2/h4-8,15-16H,9H2,1-3H3. The summed E-state index contributed by atoms with van der Waals surface area (Å²) in [5, 5.41) is 2.77. The molecule has 0 aliphatic heterocycles. The van der Waals surface area contributed by atoms with E-state index in [-0.39, 0.29) is 5.09 Å². The van der Waals surface area contributed by atoms with Gasteiger partial charge in [-0.05, 0) is 43.8 Å². The number of ether oxygens (including phenoxy) is 1. The number of nitrogens with one attached hydrogen (secondary N) is 2. The Bertz CT molecular complexity index is 722. The maximum absolute atomic E-state index is 12.3. The Morgan fingerprint density at radius 1 is 1.24 bits per heavy atom. The maximum Gasteiger partial charge on any atom is 0.295 e. The van der Waals surface area contributed by atoms with Crippen LogP contribution in [0.25, 0.3) is 0 Å². The smallest absolute Gasteiger partial charge is 0.295 e. The van der Waals surface area contributed by atoms with E-state index in [1.54, 1.807) is 25.2 Å². The number of benzene rings is 1. The van der Waals surface area contributed by atoms with Crippen molar-refractivity contribution in [3.8, 4) is 5.75 Å². The highest BCUT2D eigenvalue weighted by Crippen LogP contribution is 2.28. The van der Waals surface area contributed by atoms with Crippen molar-refractivity contribution in [1.29, 1.82) is 0 Å². The Balaban J connectivity index is 2.30. The van der Waals surface area contributed by atoms with Gasteiger partial charge in [-0.15, -0.1) is 0 Å². The van der Waals surface area contributed by atoms with Gasteiger partial charge in [-0.2, -0.15) is 8.42 Å². The minimum atomic E-state index is -3.78. The molecule has 0 aliphatic rings. The molecule has 1 heterocycles. The van der Waals surface area contributed by atoms with Crippen LogP contribution in [0.3, 0.4) is 0 Å². The molecule has 0 spiro atoms. The van der Waals surface area contributed by atoms with Crippen molar-refractivity contribution in [2.24, 2.45) is 0 Å². The van der Waals surface area contributed by atoms with Crippen LogP contribution in [0.2, 0.25) is 0 Å². The van der Waals surface area contributed by atoms with E-state index in [0.717, 1.165) is 5.56 Å². The van der Waals surface area contributed by atoms with Gasteiger partial charge in [-0.1, -0.05) is 6.07 Å². The number of hydrogen-bond donors (Lipinski definition) is 2. The van der Waals surface area contributed by atoms with Crippen LogP contribution >= 0.6 is 0 Å². The molecule has 0 saturated heterocycles. The second-order valence-corrected chi connectivity index (χ2v) is 6.17. The van der Waals surface area contributed by atoms with Crippen LogP contribution in [0.15, 0.2) is 39.8 Å². The summed E-state index contributed by atoms with van der Waals surface area (Å²) in [6, 6.07) is 8.31. The fourth-order valence-electron chi connectivity index (χ4n) is 1.87. The van der Waals surface area contributed by atoms with Gasteiger partial charge in [0.05, 0.1) is 19.3 Å². The van der Waals surface area contributed by atoms with E-state index < -0.39 is 10.0 Å². The monoisotopic (exact) mass is 310 g/mol. The van der Waals surface area contributed by atoms with Gasteiger partial charge in [0.15, 0.2) is 0 Å². The second kappa shape index (κ2) is 6.19. The van der Waals surface area contributed by atoms with Gasteiger partial charge < -0.3 is 14.5 Å². The van der Waals surface area contributed by atoms with Crippen molar-refractivity contribution >= 4 is 15.7 Å². The normalized spacial score (nSPS) is 11.4. The molecule has 2 rings (SSSR count). The molecule has 0 aliphatic carbocycles. The molecular weight excluding hydrogens is 292 g/mol. The third kappa shape index (κ3) is 3.56. The third-order valence-electron chi connectivity index (χ3n) is 2.85. The van der Waals surface area contributed by atoms with Gasteiger partial charge in [0.1, 0.15) is 11.5 Å². The Morgan fingerprint density at radius 2 is 2.00 bits per heavy atom. The molecule has 2 N–H and O–H groups in total. The molecule has 0 radical (unpaired) electrons. The summed E-state index contributed by atoms with van der Waals surface area (Å²) in [7, 11) is -0.542. The Morgan fingerprint density at radius 3 is 2.67 bits per heavy atom. The van der Waals surface area contributed by atoms with Gasteiger partial charge in [0.2, 0.25) is 5.09 Å². The molecule has 0 atom stereocenters. The topological polar surface area (TPSA) is 80.6 Å². The molecule has 21 heavy (non-hydrogen) atoms. The molecule has 114 valence electrons. The number of furan rings is 1. The lowest BCUT2D eigenvalue weighted by atomic mass is 10.2. The van der Waals surface area contributed by atoms with E-state index in [1.165, 1.54) is 13.2 Å². The predicted octanol–water partition coefficient (Wildman–Crippen LogP) is 2.12. The van der Waals surface area contributed by atoms with Crippen molar-refractivity contribution in [1.82, 2.24) is 5.32 Å². The summed E-state index contributed by atoms with van der Waals surface area (Å²) in [5.41, 5.74) is 1.30. The van der Waals surface area contributed by atoms with E-state index >= 15 is 0 Å². The SMILES string of the molecule is CNCc1ccc(S(=O)(=O)Nc2cc(C)ccc2OC)o1. The lowest BCUT2D eigenvalue weighted by molar-refractivity contribution is 0.407. The van der Waals surface area contributed by atoms with E-state index in [4.69, 9.17) is 9.15 Å². The number of aryl methyl sites for hydroxylation is 1. The lowest BCUT2D eigenvalue weighted by Crippen LogP contribution is -2.13. The second-order valence-electron chi connectivity index (χ2n) is 4.56.